The molecule has 1 aliphatic carbocycles. The number of rotatable bonds is 9. The molecule has 29 heavy (non-hydrogen) atoms. The van der Waals surface area contributed by atoms with Crippen molar-refractivity contribution < 1.29 is 9.53 Å². The Morgan fingerprint density at radius 1 is 1.24 bits per heavy atom. The summed E-state index contributed by atoms with van der Waals surface area (Å²) in [5.74, 6) is 1.57. The Balaban J connectivity index is 0.00000300. The third-order valence-electron chi connectivity index (χ3n) is 5.21. The van der Waals surface area contributed by atoms with E-state index in [2.05, 4.69) is 38.0 Å². The van der Waals surface area contributed by atoms with Crippen LogP contribution in [-0.4, -0.2) is 62.6 Å². The van der Waals surface area contributed by atoms with Crippen LogP contribution in [0.2, 0.25) is 0 Å². The molecule has 2 fully saturated rings. The van der Waals surface area contributed by atoms with Gasteiger partial charge in [-0.2, -0.15) is 0 Å². The van der Waals surface area contributed by atoms with Gasteiger partial charge in [-0.1, -0.05) is 18.2 Å². The lowest BCUT2D eigenvalue weighted by Crippen LogP contribution is -2.43. The summed E-state index contributed by atoms with van der Waals surface area (Å²) >= 11 is 0. The fourth-order valence-corrected chi connectivity index (χ4v) is 3.62. The Kier molecular flexibility index (Phi) is 9.99. The first kappa shape index (κ1) is 23.7. The minimum atomic E-state index is -0.0134. The van der Waals surface area contributed by atoms with Gasteiger partial charge in [-0.25, -0.2) is 4.99 Å². The SMILES string of the molecule is CCNC(=NCC(=O)NC1CC1)NCC(c1ccccc1OC)N1CCCC1.I. The largest absolute Gasteiger partial charge is 0.496 e. The Hall–Kier alpha value is -1.55. The molecule has 1 unspecified atom stereocenters. The number of methoxy groups -OCH3 is 1. The minimum Gasteiger partial charge on any atom is -0.496 e. The summed E-state index contributed by atoms with van der Waals surface area (Å²) in [7, 11) is 1.72. The first-order chi connectivity index (χ1) is 13.7. The Morgan fingerprint density at radius 3 is 2.62 bits per heavy atom. The number of nitrogens with one attached hydrogen (secondary N) is 3. The third kappa shape index (κ3) is 7.33. The highest BCUT2D eigenvalue weighted by Crippen LogP contribution is 2.31. The van der Waals surface area contributed by atoms with Crippen LogP contribution in [0.25, 0.3) is 0 Å². The van der Waals surface area contributed by atoms with E-state index in [1.807, 2.05) is 19.1 Å². The van der Waals surface area contributed by atoms with Gasteiger partial charge in [0.2, 0.25) is 5.91 Å². The Morgan fingerprint density at radius 2 is 1.97 bits per heavy atom. The van der Waals surface area contributed by atoms with E-state index in [4.69, 9.17) is 4.74 Å². The van der Waals surface area contributed by atoms with E-state index < -0.39 is 0 Å². The molecule has 3 rings (SSSR count). The molecule has 1 saturated carbocycles. The van der Waals surface area contributed by atoms with Crippen LogP contribution in [0.4, 0.5) is 0 Å². The average molecular weight is 515 g/mol. The van der Waals surface area contributed by atoms with E-state index in [1.165, 1.54) is 18.4 Å². The van der Waals surface area contributed by atoms with Crippen molar-refractivity contribution in [2.75, 3.05) is 39.8 Å². The van der Waals surface area contributed by atoms with Crippen LogP contribution in [0.3, 0.4) is 0 Å². The van der Waals surface area contributed by atoms with Crippen molar-refractivity contribution >= 4 is 35.8 Å². The summed E-state index contributed by atoms with van der Waals surface area (Å²) in [5, 5.41) is 9.65. The molecule has 162 valence electrons. The highest BCUT2D eigenvalue weighted by Gasteiger charge is 2.26. The number of hydrogen-bond donors (Lipinski definition) is 3. The number of carbonyl (C=O) groups excluding carboxylic acids is 1. The number of nitrogens with zero attached hydrogens (tertiary/aromatic N) is 2. The van der Waals surface area contributed by atoms with E-state index >= 15 is 0 Å². The molecule has 0 bridgehead atoms. The lowest BCUT2D eigenvalue weighted by atomic mass is 10.0. The van der Waals surface area contributed by atoms with E-state index in [0.717, 1.165) is 38.2 Å². The molecule has 1 aromatic carbocycles. The summed E-state index contributed by atoms with van der Waals surface area (Å²) in [5.41, 5.74) is 1.18. The lowest BCUT2D eigenvalue weighted by molar-refractivity contribution is -0.119. The van der Waals surface area contributed by atoms with Crippen molar-refractivity contribution in [1.29, 1.82) is 0 Å². The van der Waals surface area contributed by atoms with Crippen LogP contribution in [-0.2, 0) is 4.79 Å². The molecule has 1 heterocycles. The number of para-hydroxylation sites is 1. The zero-order valence-corrected chi connectivity index (χ0v) is 19.8. The topological polar surface area (TPSA) is 78.0 Å². The molecule has 8 heteroatoms. The summed E-state index contributed by atoms with van der Waals surface area (Å²) in [4.78, 5) is 18.9. The number of amides is 1. The molecule has 2 aliphatic rings. The minimum absolute atomic E-state index is 0. The van der Waals surface area contributed by atoms with Crippen LogP contribution in [0.15, 0.2) is 29.3 Å². The standard InChI is InChI=1S/C21H33N5O2.HI/c1-3-22-21(24-15-20(27)25-16-10-11-16)23-14-18(26-12-6-7-13-26)17-8-4-5-9-19(17)28-2;/h4-5,8-9,16,18H,3,6-7,10-15H2,1-2H3,(H,25,27)(H2,22,23,24);1H. The monoisotopic (exact) mass is 515 g/mol. The fourth-order valence-electron chi connectivity index (χ4n) is 3.62. The summed E-state index contributed by atoms with van der Waals surface area (Å²) in [6.45, 7) is 5.80. The van der Waals surface area contributed by atoms with E-state index in [1.54, 1.807) is 7.11 Å². The van der Waals surface area contributed by atoms with Crippen LogP contribution in [0.1, 0.15) is 44.2 Å². The second-order valence-electron chi connectivity index (χ2n) is 7.42. The number of guanidine groups is 1. The molecule has 1 aromatic rings. The Labute approximate surface area is 191 Å². The molecular formula is C21H34IN5O2. The second-order valence-corrected chi connectivity index (χ2v) is 7.42. The normalized spacial score (nSPS) is 17.9. The molecular weight excluding hydrogens is 481 g/mol. The van der Waals surface area contributed by atoms with Crippen molar-refractivity contribution in [3.8, 4) is 5.75 Å². The number of benzene rings is 1. The molecule has 0 aromatic heterocycles. The maximum absolute atomic E-state index is 12.0. The van der Waals surface area contributed by atoms with Gasteiger partial charge >= 0.3 is 0 Å². The molecule has 0 radical (unpaired) electrons. The fraction of sp³-hybridized carbons (Fsp3) is 0.619. The molecule has 7 nitrogen and oxygen atoms in total. The van der Waals surface area contributed by atoms with Crippen LogP contribution in [0, 0.1) is 0 Å². The first-order valence-electron chi connectivity index (χ1n) is 10.4. The molecule has 0 spiro atoms. The zero-order chi connectivity index (χ0) is 19.8. The van der Waals surface area contributed by atoms with Gasteiger partial charge in [-0.3, -0.25) is 9.69 Å². The third-order valence-corrected chi connectivity index (χ3v) is 5.21. The zero-order valence-electron chi connectivity index (χ0n) is 17.4. The van der Waals surface area contributed by atoms with Gasteiger partial charge in [0.15, 0.2) is 5.96 Å². The molecule has 3 N–H and O–H groups in total. The second kappa shape index (κ2) is 12.2. The summed E-state index contributed by atoms with van der Waals surface area (Å²) in [6, 6.07) is 8.77. The predicted molar refractivity (Wildman–Crippen MR) is 127 cm³/mol. The number of halogens is 1. The van der Waals surface area contributed by atoms with Crippen LogP contribution >= 0.6 is 24.0 Å². The predicted octanol–water partition coefficient (Wildman–Crippen LogP) is 2.28. The van der Waals surface area contributed by atoms with Gasteiger partial charge in [-0.05, 0) is 51.8 Å². The highest BCUT2D eigenvalue weighted by molar-refractivity contribution is 14.0. The first-order valence-corrected chi connectivity index (χ1v) is 10.4. The summed E-state index contributed by atoms with van der Waals surface area (Å²) in [6.07, 6.45) is 4.62. The van der Waals surface area contributed by atoms with Gasteiger partial charge in [0.25, 0.3) is 0 Å². The number of hydrogen-bond acceptors (Lipinski definition) is 4. The smallest absolute Gasteiger partial charge is 0.242 e. The van der Waals surface area contributed by atoms with Crippen molar-refractivity contribution in [2.45, 2.75) is 44.7 Å². The van der Waals surface area contributed by atoms with Gasteiger partial charge in [0.1, 0.15) is 12.3 Å². The van der Waals surface area contributed by atoms with E-state index in [9.17, 15) is 4.79 Å². The van der Waals surface area contributed by atoms with E-state index in [-0.39, 0.29) is 42.5 Å². The molecule has 1 amide bonds. The van der Waals surface area contributed by atoms with Gasteiger partial charge < -0.3 is 20.7 Å². The maximum atomic E-state index is 12.0. The molecule has 1 atom stereocenters. The number of aliphatic imine (C=N–C) groups is 1. The van der Waals surface area contributed by atoms with Gasteiger partial charge in [0, 0.05) is 24.7 Å². The van der Waals surface area contributed by atoms with Gasteiger partial charge in [0.05, 0.1) is 13.2 Å². The van der Waals surface area contributed by atoms with Crippen LogP contribution < -0.4 is 20.7 Å². The number of ether oxygens (including phenoxy) is 1. The number of carbonyl (C=O) groups is 1. The highest BCUT2D eigenvalue weighted by atomic mass is 127. The Bertz CT molecular complexity index is 675. The van der Waals surface area contributed by atoms with Crippen molar-refractivity contribution in [2.24, 2.45) is 4.99 Å². The quantitative estimate of drug-likeness (QED) is 0.267. The van der Waals surface area contributed by atoms with Crippen LogP contribution in [0.5, 0.6) is 5.75 Å². The van der Waals surface area contributed by atoms with Crippen molar-refractivity contribution in [1.82, 2.24) is 20.9 Å². The molecule has 1 saturated heterocycles. The van der Waals surface area contributed by atoms with Gasteiger partial charge in [-0.15, -0.1) is 24.0 Å². The molecule has 1 aliphatic heterocycles. The summed E-state index contributed by atoms with van der Waals surface area (Å²) < 4.78 is 5.61. The van der Waals surface area contributed by atoms with E-state index in [0.29, 0.717) is 18.5 Å². The van der Waals surface area contributed by atoms with Crippen molar-refractivity contribution in [3.63, 3.8) is 0 Å². The lowest BCUT2D eigenvalue weighted by Gasteiger charge is -2.30. The number of likely N-dealkylation sites (tertiary alicyclic amines) is 1. The van der Waals surface area contributed by atoms with Crippen molar-refractivity contribution in [3.05, 3.63) is 29.8 Å². The average Bonchev–Trinajstić information content (AvgIpc) is 3.36. The maximum Gasteiger partial charge on any atom is 0.242 e.